The Kier molecular flexibility index (Phi) is 5.37. The van der Waals surface area contributed by atoms with Crippen LogP contribution in [0, 0.1) is 0 Å². The number of hydrogen-bond acceptors (Lipinski definition) is 5. The lowest BCUT2D eigenvalue weighted by atomic mass is 10.3. The van der Waals surface area contributed by atoms with E-state index in [0.717, 1.165) is 30.9 Å². The van der Waals surface area contributed by atoms with Crippen LogP contribution in [0.25, 0.3) is 0 Å². The normalized spacial score (nSPS) is 11.3. The molecule has 0 saturated heterocycles. The molecule has 1 rings (SSSR count). The van der Waals surface area contributed by atoms with E-state index in [1.54, 1.807) is 7.11 Å². The molecule has 16 heavy (non-hydrogen) atoms. The second-order valence-electron chi connectivity index (χ2n) is 4.00. The predicted molar refractivity (Wildman–Crippen MR) is 61.8 cm³/mol. The average Bonchev–Trinajstić information content (AvgIpc) is 2.61. The lowest BCUT2D eigenvalue weighted by Crippen LogP contribution is -2.16. The van der Waals surface area contributed by atoms with Crippen LogP contribution in [0.3, 0.4) is 0 Å². The summed E-state index contributed by atoms with van der Waals surface area (Å²) in [5.41, 5.74) is 7.41. The average molecular weight is 227 g/mol. The number of aryl methyl sites for hydroxylation is 1. The van der Waals surface area contributed by atoms with Gasteiger partial charge in [0.05, 0.1) is 12.3 Å². The Balaban J connectivity index is 2.60. The number of nitrogens with zero attached hydrogens (tertiary/aromatic N) is 4. The van der Waals surface area contributed by atoms with Crippen LogP contribution in [0.15, 0.2) is 0 Å². The molecule has 0 bridgehead atoms. The summed E-state index contributed by atoms with van der Waals surface area (Å²) in [6, 6.07) is 0. The Morgan fingerprint density at radius 1 is 1.44 bits per heavy atom. The minimum Gasteiger partial charge on any atom is -0.378 e. The van der Waals surface area contributed by atoms with E-state index < -0.39 is 0 Å². The van der Waals surface area contributed by atoms with Gasteiger partial charge in [0.2, 0.25) is 0 Å². The molecule has 0 saturated carbocycles. The molecule has 0 aliphatic heterocycles. The summed E-state index contributed by atoms with van der Waals surface area (Å²) in [4.78, 5) is 2.15. The summed E-state index contributed by atoms with van der Waals surface area (Å²) in [6.45, 7) is 2.81. The Labute approximate surface area is 96.4 Å². The van der Waals surface area contributed by atoms with E-state index in [2.05, 4.69) is 29.3 Å². The van der Waals surface area contributed by atoms with Gasteiger partial charge < -0.3 is 15.4 Å². The summed E-state index contributed by atoms with van der Waals surface area (Å²) < 4.78 is 7.01. The number of methoxy groups -OCH3 is 1. The molecule has 0 aliphatic carbocycles. The van der Waals surface area contributed by atoms with Gasteiger partial charge in [-0.2, -0.15) is 0 Å². The first kappa shape index (κ1) is 13.1. The molecule has 0 fully saturated rings. The van der Waals surface area contributed by atoms with Gasteiger partial charge in [-0.25, -0.2) is 4.68 Å². The van der Waals surface area contributed by atoms with E-state index in [9.17, 15) is 0 Å². The minimum absolute atomic E-state index is 0.409. The molecule has 2 N–H and O–H groups in total. The smallest absolute Gasteiger partial charge is 0.102 e. The topological polar surface area (TPSA) is 69.2 Å². The Morgan fingerprint density at radius 3 is 2.75 bits per heavy atom. The molecule has 0 amide bonds. The maximum absolute atomic E-state index is 5.59. The molecule has 0 radical (unpaired) electrons. The maximum atomic E-state index is 5.59. The highest BCUT2D eigenvalue weighted by Crippen LogP contribution is 2.07. The highest BCUT2D eigenvalue weighted by atomic mass is 16.5. The molecule has 6 heteroatoms. The van der Waals surface area contributed by atoms with Crippen LogP contribution in [-0.2, 0) is 24.4 Å². The van der Waals surface area contributed by atoms with E-state index >= 15 is 0 Å². The number of rotatable bonds is 7. The third-order valence-electron chi connectivity index (χ3n) is 2.37. The summed E-state index contributed by atoms with van der Waals surface area (Å²) in [7, 11) is 5.78. The van der Waals surface area contributed by atoms with E-state index in [0.29, 0.717) is 13.2 Å². The zero-order valence-corrected chi connectivity index (χ0v) is 10.3. The van der Waals surface area contributed by atoms with Crippen molar-refractivity contribution in [3.05, 3.63) is 11.4 Å². The Hall–Kier alpha value is -0.980. The number of ether oxygens (including phenoxy) is 1. The van der Waals surface area contributed by atoms with Gasteiger partial charge in [-0.05, 0) is 27.1 Å². The van der Waals surface area contributed by atoms with Crippen molar-refractivity contribution in [3.63, 3.8) is 0 Å². The van der Waals surface area contributed by atoms with Crippen LogP contribution in [0.4, 0.5) is 0 Å². The van der Waals surface area contributed by atoms with Crippen molar-refractivity contribution in [1.29, 1.82) is 0 Å². The van der Waals surface area contributed by atoms with Gasteiger partial charge >= 0.3 is 0 Å². The largest absolute Gasteiger partial charge is 0.378 e. The summed E-state index contributed by atoms with van der Waals surface area (Å²) in [5.74, 6) is 0. The maximum Gasteiger partial charge on any atom is 0.102 e. The first-order valence-corrected chi connectivity index (χ1v) is 5.44. The van der Waals surface area contributed by atoms with Crippen molar-refractivity contribution < 1.29 is 4.74 Å². The number of hydrogen-bond donors (Lipinski definition) is 1. The molecular formula is C10H21N5O. The fraction of sp³-hybridized carbons (Fsp3) is 0.800. The SMILES string of the molecule is COCc1c(CN)nnn1CCCN(C)C. The highest BCUT2D eigenvalue weighted by molar-refractivity contribution is 5.08. The van der Waals surface area contributed by atoms with Gasteiger partial charge in [-0.15, -0.1) is 5.10 Å². The van der Waals surface area contributed by atoms with Gasteiger partial charge in [-0.1, -0.05) is 5.21 Å². The lowest BCUT2D eigenvalue weighted by Gasteiger charge is -2.10. The molecule has 0 spiro atoms. The molecular weight excluding hydrogens is 206 g/mol. The van der Waals surface area contributed by atoms with Crippen molar-refractivity contribution in [2.24, 2.45) is 5.73 Å². The van der Waals surface area contributed by atoms with Gasteiger partial charge in [-0.3, -0.25) is 0 Å². The van der Waals surface area contributed by atoms with Crippen molar-refractivity contribution in [3.8, 4) is 0 Å². The molecule has 1 heterocycles. The van der Waals surface area contributed by atoms with Gasteiger partial charge in [0.1, 0.15) is 5.69 Å². The van der Waals surface area contributed by atoms with Gasteiger partial charge in [0, 0.05) is 20.2 Å². The second-order valence-corrected chi connectivity index (χ2v) is 4.00. The molecule has 1 aromatic rings. The number of aromatic nitrogens is 3. The summed E-state index contributed by atoms with van der Waals surface area (Å²) in [6.07, 6.45) is 1.04. The monoisotopic (exact) mass is 227 g/mol. The predicted octanol–water partition coefficient (Wildman–Crippen LogP) is -0.165. The van der Waals surface area contributed by atoms with E-state index in [1.165, 1.54) is 0 Å². The lowest BCUT2D eigenvalue weighted by molar-refractivity contribution is 0.175. The van der Waals surface area contributed by atoms with Crippen molar-refractivity contribution in [2.75, 3.05) is 27.7 Å². The fourth-order valence-corrected chi connectivity index (χ4v) is 1.54. The van der Waals surface area contributed by atoms with Gasteiger partial charge in [0.15, 0.2) is 0 Å². The van der Waals surface area contributed by atoms with Gasteiger partial charge in [0.25, 0.3) is 0 Å². The van der Waals surface area contributed by atoms with Crippen molar-refractivity contribution in [1.82, 2.24) is 19.9 Å². The third kappa shape index (κ3) is 3.55. The van der Waals surface area contributed by atoms with Crippen molar-refractivity contribution >= 4 is 0 Å². The molecule has 0 aromatic carbocycles. The molecule has 1 aromatic heterocycles. The van der Waals surface area contributed by atoms with Crippen LogP contribution in [-0.4, -0.2) is 47.6 Å². The van der Waals surface area contributed by atoms with E-state index in [1.807, 2.05) is 4.68 Å². The second kappa shape index (κ2) is 6.57. The third-order valence-corrected chi connectivity index (χ3v) is 2.37. The quantitative estimate of drug-likeness (QED) is 0.700. The van der Waals surface area contributed by atoms with E-state index in [4.69, 9.17) is 10.5 Å². The van der Waals surface area contributed by atoms with Crippen LogP contribution >= 0.6 is 0 Å². The summed E-state index contributed by atoms with van der Waals surface area (Å²) >= 11 is 0. The van der Waals surface area contributed by atoms with Crippen LogP contribution in [0.5, 0.6) is 0 Å². The van der Waals surface area contributed by atoms with Crippen LogP contribution in [0.2, 0.25) is 0 Å². The zero-order valence-electron chi connectivity index (χ0n) is 10.3. The molecule has 6 nitrogen and oxygen atoms in total. The molecule has 0 aliphatic rings. The molecule has 92 valence electrons. The Morgan fingerprint density at radius 2 is 2.19 bits per heavy atom. The highest BCUT2D eigenvalue weighted by Gasteiger charge is 2.10. The van der Waals surface area contributed by atoms with E-state index in [-0.39, 0.29) is 0 Å². The number of nitrogens with two attached hydrogens (primary N) is 1. The molecule has 0 unspecified atom stereocenters. The fourth-order valence-electron chi connectivity index (χ4n) is 1.54. The zero-order chi connectivity index (χ0) is 12.0. The Bertz CT molecular complexity index is 310. The minimum atomic E-state index is 0.409. The van der Waals surface area contributed by atoms with Crippen LogP contribution < -0.4 is 5.73 Å². The molecule has 0 atom stereocenters. The van der Waals surface area contributed by atoms with Crippen LogP contribution in [0.1, 0.15) is 17.8 Å². The standard InChI is InChI=1S/C10H21N5O/c1-14(2)5-4-6-15-10(8-16-3)9(7-11)12-13-15/h4-8,11H2,1-3H3. The first-order valence-electron chi connectivity index (χ1n) is 5.44. The summed E-state index contributed by atoms with van der Waals surface area (Å²) in [5, 5.41) is 8.14. The first-order chi connectivity index (χ1) is 7.69. The van der Waals surface area contributed by atoms with Crippen molar-refractivity contribution in [2.45, 2.75) is 26.1 Å².